The van der Waals surface area contributed by atoms with Gasteiger partial charge < -0.3 is 19.6 Å². The molecule has 0 bridgehead atoms. The van der Waals surface area contributed by atoms with Gasteiger partial charge in [0.25, 0.3) is 0 Å². The molecule has 0 saturated heterocycles. The van der Waals surface area contributed by atoms with Gasteiger partial charge in [-0.05, 0) is 12.1 Å². The molecule has 0 amide bonds. The number of pyridine rings is 1. The highest BCUT2D eigenvalue weighted by atomic mass is 16.5. The van der Waals surface area contributed by atoms with Gasteiger partial charge in [-0.15, -0.1) is 0 Å². The summed E-state index contributed by atoms with van der Waals surface area (Å²) in [6.45, 7) is 3.90. The van der Waals surface area contributed by atoms with Crippen molar-refractivity contribution in [1.29, 1.82) is 0 Å². The fourth-order valence-corrected chi connectivity index (χ4v) is 2.10. The first-order chi connectivity index (χ1) is 9.74. The minimum absolute atomic E-state index is 0.697. The molecule has 0 aliphatic carbocycles. The van der Waals surface area contributed by atoms with E-state index in [1.807, 2.05) is 28.9 Å². The Bertz CT molecular complexity index is 533. The van der Waals surface area contributed by atoms with Crippen molar-refractivity contribution in [2.45, 2.75) is 6.54 Å². The van der Waals surface area contributed by atoms with Crippen molar-refractivity contribution in [3.05, 3.63) is 30.2 Å². The third-order valence-electron chi connectivity index (χ3n) is 3.21. The summed E-state index contributed by atoms with van der Waals surface area (Å²) >= 11 is 0. The first-order valence-corrected chi connectivity index (χ1v) is 6.66. The summed E-state index contributed by atoms with van der Waals surface area (Å²) in [5, 5.41) is 0. The summed E-state index contributed by atoms with van der Waals surface area (Å²) in [6.07, 6.45) is 3.80. The Labute approximate surface area is 119 Å². The van der Waals surface area contributed by atoms with Gasteiger partial charge in [-0.2, -0.15) is 0 Å². The van der Waals surface area contributed by atoms with Gasteiger partial charge in [-0.25, -0.2) is 4.98 Å². The van der Waals surface area contributed by atoms with Gasteiger partial charge in [0.15, 0.2) is 0 Å². The number of nitrogens with zero attached hydrogens (tertiary/aromatic N) is 3. The maximum absolute atomic E-state index is 5.84. The average Bonchev–Trinajstić information content (AvgIpc) is 2.84. The molecule has 2 aromatic rings. The van der Waals surface area contributed by atoms with Gasteiger partial charge in [0.1, 0.15) is 5.65 Å². The van der Waals surface area contributed by atoms with Crippen molar-refractivity contribution in [2.75, 3.05) is 46.3 Å². The van der Waals surface area contributed by atoms with E-state index in [-0.39, 0.29) is 0 Å². The fraction of sp³-hybridized carbons (Fsp3) is 0.500. The number of ether oxygens (including phenoxy) is 2. The smallest absolute Gasteiger partial charge is 0.137 e. The maximum atomic E-state index is 5.84. The summed E-state index contributed by atoms with van der Waals surface area (Å²) < 4.78 is 12.3. The lowest BCUT2D eigenvalue weighted by molar-refractivity contribution is 0.109. The molecule has 6 nitrogen and oxygen atoms in total. The second-order valence-electron chi connectivity index (χ2n) is 4.70. The highest BCUT2D eigenvalue weighted by molar-refractivity contribution is 5.48. The molecule has 2 N–H and O–H groups in total. The number of nitrogens with two attached hydrogens (primary N) is 1. The molecular formula is C14H22N4O2. The second kappa shape index (κ2) is 7.23. The van der Waals surface area contributed by atoms with Crippen molar-refractivity contribution < 1.29 is 9.47 Å². The molecule has 0 saturated carbocycles. The third kappa shape index (κ3) is 3.69. The lowest BCUT2D eigenvalue weighted by atomic mass is 10.3. The minimum atomic E-state index is 0.697. The number of nitrogen functional groups attached to an aromatic ring is 1. The van der Waals surface area contributed by atoms with Crippen LogP contribution in [-0.4, -0.2) is 54.8 Å². The molecule has 2 aromatic heterocycles. The van der Waals surface area contributed by atoms with Crippen molar-refractivity contribution >= 4 is 11.3 Å². The van der Waals surface area contributed by atoms with E-state index in [1.165, 1.54) is 0 Å². The number of rotatable bonds is 8. The highest BCUT2D eigenvalue weighted by Gasteiger charge is 2.10. The summed E-state index contributed by atoms with van der Waals surface area (Å²) in [4.78, 5) is 6.67. The number of methoxy groups -OCH3 is 2. The van der Waals surface area contributed by atoms with E-state index in [0.29, 0.717) is 13.2 Å². The Hall–Kier alpha value is -1.63. The molecular weight excluding hydrogens is 256 g/mol. The van der Waals surface area contributed by atoms with Gasteiger partial charge in [0.05, 0.1) is 25.1 Å². The van der Waals surface area contributed by atoms with Crippen LogP contribution in [0.5, 0.6) is 0 Å². The maximum Gasteiger partial charge on any atom is 0.137 e. The molecule has 0 spiro atoms. The van der Waals surface area contributed by atoms with Crippen molar-refractivity contribution in [3.8, 4) is 0 Å². The number of anilines is 1. The zero-order valence-corrected chi connectivity index (χ0v) is 12.1. The molecule has 2 rings (SSSR count). The number of hydrogen-bond donors (Lipinski definition) is 1. The lowest BCUT2D eigenvalue weighted by Gasteiger charge is -2.21. The molecule has 6 heteroatoms. The predicted octanol–water partition coefficient (Wildman–Crippen LogP) is 1.01. The van der Waals surface area contributed by atoms with Gasteiger partial charge in [-0.3, -0.25) is 4.90 Å². The Morgan fingerprint density at radius 3 is 2.55 bits per heavy atom. The molecule has 0 aliphatic rings. The molecule has 110 valence electrons. The number of hydrogen-bond acceptors (Lipinski definition) is 5. The molecule has 2 heterocycles. The van der Waals surface area contributed by atoms with Crippen LogP contribution < -0.4 is 5.73 Å². The van der Waals surface area contributed by atoms with Crippen LogP contribution in [-0.2, 0) is 16.0 Å². The zero-order valence-electron chi connectivity index (χ0n) is 12.1. The van der Waals surface area contributed by atoms with Crippen LogP contribution in [0.1, 0.15) is 5.69 Å². The fourth-order valence-electron chi connectivity index (χ4n) is 2.10. The van der Waals surface area contributed by atoms with E-state index in [1.54, 1.807) is 14.2 Å². The third-order valence-corrected chi connectivity index (χ3v) is 3.21. The largest absolute Gasteiger partial charge is 0.398 e. The van der Waals surface area contributed by atoms with Crippen molar-refractivity contribution in [1.82, 2.24) is 14.3 Å². The second-order valence-corrected chi connectivity index (χ2v) is 4.70. The molecule has 0 atom stereocenters. The van der Waals surface area contributed by atoms with E-state index in [9.17, 15) is 0 Å². The van der Waals surface area contributed by atoms with E-state index in [0.717, 1.165) is 36.7 Å². The predicted molar refractivity (Wildman–Crippen MR) is 78.6 cm³/mol. The number of aromatic nitrogens is 2. The zero-order chi connectivity index (χ0) is 14.4. The highest BCUT2D eigenvalue weighted by Crippen LogP contribution is 2.12. The van der Waals surface area contributed by atoms with Crippen LogP contribution in [0.2, 0.25) is 0 Å². The van der Waals surface area contributed by atoms with Gasteiger partial charge in [0, 0.05) is 45.7 Å². The lowest BCUT2D eigenvalue weighted by Crippen LogP contribution is -2.30. The summed E-state index contributed by atoms with van der Waals surface area (Å²) in [6, 6.07) is 3.78. The van der Waals surface area contributed by atoms with Crippen LogP contribution in [0.25, 0.3) is 5.65 Å². The molecule has 0 unspecified atom stereocenters. The van der Waals surface area contributed by atoms with Crippen LogP contribution >= 0.6 is 0 Å². The number of imidazole rings is 1. The summed E-state index contributed by atoms with van der Waals surface area (Å²) in [7, 11) is 3.42. The van der Waals surface area contributed by atoms with E-state index >= 15 is 0 Å². The summed E-state index contributed by atoms with van der Waals surface area (Å²) in [5.41, 5.74) is 8.59. The quantitative estimate of drug-likeness (QED) is 0.780. The molecule has 0 aliphatic heterocycles. The van der Waals surface area contributed by atoms with Crippen LogP contribution in [0.15, 0.2) is 24.5 Å². The first kappa shape index (κ1) is 14.8. The monoisotopic (exact) mass is 278 g/mol. The first-order valence-electron chi connectivity index (χ1n) is 6.66. The normalized spacial score (nSPS) is 11.6. The molecule has 0 aromatic carbocycles. The molecule has 0 radical (unpaired) electrons. The molecule has 20 heavy (non-hydrogen) atoms. The molecule has 0 fully saturated rings. The number of fused-ring (bicyclic) bond motifs is 1. The standard InChI is InChI=1S/C14H22N4O2/c1-19-7-5-17(6-8-20-2)11-13-9-16-14-4-3-12(15)10-18(13)14/h3-4,9-10H,5-8,11,15H2,1-2H3. The van der Waals surface area contributed by atoms with E-state index < -0.39 is 0 Å². The van der Waals surface area contributed by atoms with E-state index in [2.05, 4.69) is 9.88 Å². The SMILES string of the molecule is COCCN(CCOC)Cc1cnc2ccc(N)cn12. The Morgan fingerprint density at radius 1 is 1.20 bits per heavy atom. The average molecular weight is 278 g/mol. The Morgan fingerprint density at radius 2 is 1.90 bits per heavy atom. The van der Waals surface area contributed by atoms with Crippen LogP contribution in [0.3, 0.4) is 0 Å². The van der Waals surface area contributed by atoms with Crippen LogP contribution in [0.4, 0.5) is 5.69 Å². The summed E-state index contributed by atoms with van der Waals surface area (Å²) in [5.74, 6) is 0. The van der Waals surface area contributed by atoms with Crippen molar-refractivity contribution in [3.63, 3.8) is 0 Å². The van der Waals surface area contributed by atoms with E-state index in [4.69, 9.17) is 15.2 Å². The Balaban J connectivity index is 2.12. The van der Waals surface area contributed by atoms with Crippen LogP contribution in [0, 0.1) is 0 Å². The van der Waals surface area contributed by atoms with Gasteiger partial charge >= 0.3 is 0 Å². The minimum Gasteiger partial charge on any atom is -0.398 e. The van der Waals surface area contributed by atoms with Gasteiger partial charge in [0.2, 0.25) is 0 Å². The Kier molecular flexibility index (Phi) is 5.34. The van der Waals surface area contributed by atoms with Gasteiger partial charge in [-0.1, -0.05) is 0 Å². The van der Waals surface area contributed by atoms with Crippen molar-refractivity contribution in [2.24, 2.45) is 0 Å². The topological polar surface area (TPSA) is 65.0 Å².